The number of rotatable bonds is 2. The van der Waals surface area contributed by atoms with Crippen molar-refractivity contribution in [2.24, 2.45) is 5.73 Å². The largest absolute Gasteiger partial charge is 0.495 e. The van der Waals surface area contributed by atoms with Crippen LogP contribution in [-0.4, -0.2) is 7.11 Å². The van der Waals surface area contributed by atoms with Gasteiger partial charge in [0.05, 0.1) is 10.7 Å². The van der Waals surface area contributed by atoms with Crippen molar-refractivity contribution >= 4 is 38.5 Å². The molecule has 2 nitrogen and oxygen atoms in total. The molecular weight excluding hydrogens is 333 g/mol. The molecule has 0 saturated carbocycles. The number of hydrogen-bond acceptors (Lipinski definition) is 2. The molecule has 0 radical (unpaired) electrons. The minimum atomic E-state index is 0.499. The Morgan fingerprint density at radius 2 is 2.25 bits per heavy atom. The normalized spacial score (nSPS) is 10.0. The molecule has 0 amide bonds. The van der Waals surface area contributed by atoms with E-state index in [1.54, 1.807) is 7.11 Å². The zero-order valence-electron chi connectivity index (χ0n) is 6.60. The van der Waals surface area contributed by atoms with Gasteiger partial charge in [-0.3, -0.25) is 0 Å². The van der Waals surface area contributed by atoms with Crippen LogP contribution in [-0.2, 0) is 6.54 Å². The number of hydrogen-bond donors (Lipinski definition) is 1. The topological polar surface area (TPSA) is 35.2 Å². The average molecular weight is 342 g/mol. The van der Waals surface area contributed by atoms with Crippen LogP contribution in [0, 0.1) is 3.57 Å². The molecule has 12 heavy (non-hydrogen) atoms. The van der Waals surface area contributed by atoms with Gasteiger partial charge in [0, 0.05) is 16.6 Å². The fourth-order valence-electron chi connectivity index (χ4n) is 0.994. The highest BCUT2D eigenvalue weighted by molar-refractivity contribution is 14.1. The molecule has 0 heterocycles. The van der Waals surface area contributed by atoms with Crippen LogP contribution in [0.3, 0.4) is 0 Å². The first kappa shape index (κ1) is 10.3. The third-order valence-corrected chi connectivity index (χ3v) is 2.77. The maximum Gasteiger partial charge on any atom is 0.136 e. The number of nitrogens with two attached hydrogens (primary N) is 1. The molecule has 0 aromatic heterocycles. The molecule has 2 N–H and O–H groups in total. The first-order valence-electron chi connectivity index (χ1n) is 3.41. The lowest BCUT2D eigenvalue weighted by Crippen LogP contribution is -2.01. The molecule has 1 rings (SSSR count). The molecule has 0 atom stereocenters. The third-order valence-electron chi connectivity index (χ3n) is 1.51. The summed E-state index contributed by atoms with van der Waals surface area (Å²) in [5, 5.41) is 0. The van der Waals surface area contributed by atoms with Gasteiger partial charge in [0.2, 0.25) is 0 Å². The lowest BCUT2D eigenvalue weighted by atomic mass is 10.2. The summed E-state index contributed by atoms with van der Waals surface area (Å²) in [6.07, 6.45) is 0. The van der Waals surface area contributed by atoms with Crippen molar-refractivity contribution in [3.8, 4) is 5.75 Å². The van der Waals surface area contributed by atoms with Gasteiger partial charge in [-0.2, -0.15) is 0 Å². The average Bonchev–Trinajstić information content (AvgIpc) is 2.03. The molecule has 66 valence electrons. The first-order valence-corrected chi connectivity index (χ1v) is 5.28. The fraction of sp³-hybridized carbons (Fsp3) is 0.250. The summed E-state index contributed by atoms with van der Waals surface area (Å²) in [5.74, 6) is 0.876. The van der Waals surface area contributed by atoms with Gasteiger partial charge in [-0.25, -0.2) is 0 Å². The summed E-state index contributed by atoms with van der Waals surface area (Å²) in [6.45, 7) is 0.499. The summed E-state index contributed by atoms with van der Waals surface area (Å²) in [7, 11) is 1.66. The lowest BCUT2D eigenvalue weighted by Gasteiger charge is -2.09. The number of halogens is 2. The highest BCUT2D eigenvalue weighted by Gasteiger charge is 2.06. The van der Waals surface area contributed by atoms with Crippen LogP contribution in [0.4, 0.5) is 0 Å². The van der Waals surface area contributed by atoms with E-state index in [4.69, 9.17) is 10.5 Å². The quantitative estimate of drug-likeness (QED) is 0.839. The van der Waals surface area contributed by atoms with E-state index in [0.717, 1.165) is 19.4 Å². The van der Waals surface area contributed by atoms with Crippen LogP contribution in [0.5, 0.6) is 5.75 Å². The van der Waals surface area contributed by atoms with Crippen LogP contribution in [0.2, 0.25) is 0 Å². The predicted octanol–water partition coefficient (Wildman–Crippen LogP) is 2.52. The van der Waals surface area contributed by atoms with Crippen molar-refractivity contribution in [2.75, 3.05) is 7.11 Å². The molecule has 0 aliphatic heterocycles. The summed E-state index contributed by atoms with van der Waals surface area (Å²) < 4.78 is 7.32. The van der Waals surface area contributed by atoms with Gasteiger partial charge in [0.25, 0.3) is 0 Å². The summed E-state index contributed by atoms with van der Waals surface area (Å²) in [5.41, 5.74) is 6.58. The number of benzene rings is 1. The molecule has 0 aliphatic carbocycles. The van der Waals surface area contributed by atoms with E-state index < -0.39 is 0 Å². The van der Waals surface area contributed by atoms with Gasteiger partial charge < -0.3 is 10.5 Å². The molecular formula is C8H9BrINO. The molecule has 0 bridgehead atoms. The van der Waals surface area contributed by atoms with Crippen LogP contribution < -0.4 is 10.5 Å². The Morgan fingerprint density at radius 1 is 1.58 bits per heavy atom. The summed E-state index contributed by atoms with van der Waals surface area (Å²) in [4.78, 5) is 0. The summed E-state index contributed by atoms with van der Waals surface area (Å²) in [6, 6.07) is 3.97. The molecule has 0 aliphatic rings. The van der Waals surface area contributed by atoms with E-state index in [1.807, 2.05) is 12.1 Å². The van der Waals surface area contributed by atoms with Crippen molar-refractivity contribution in [3.05, 3.63) is 25.7 Å². The second-order valence-electron chi connectivity index (χ2n) is 2.28. The van der Waals surface area contributed by atoms with E-state index in [0.29, 0.717) is 6.54 Å². The Bertz CT molecular complexity index is 291. The van der Waals surface area contributed by atoms with E-state index in [9.17, 15) is 0 Å². The zero-order chi connectivity index (χ0) is 9.14. The molecule has 0 spiro atoms. The highest BCUT2D eigenvalue weighted by Crippen LogP contribution is 2.29. The van der Waals surface area contributed by atoms with Crippen molar-refractivity contribution in [3.63, 3.8) is 0 Å². The monoisotopic (exact) mass is 341 g/mol. The SMILES string of the molecule is COc1c(I)cc(Br)cc1CN. The molecule has 1 aromatic carbocycles. The Kier molecular flexibility index (Phi) is 3.79. The van der Waals surface area contributed by atoms with Crippen LogP contribution in [0.1, 0.15) is 5.56 Å². The predicted molar refractivity (Wildman–Crippen MR) is 61.3 cm³/mol. The first-order chi connectivity index (χ1) is 5.69. The molecule has 0 unspecified atom stereocenters. The Hall–Kier alpha value is 0.190. The second kappa shape index (κ2) is 4.43. The maximum atomic E-state index is 5.56. The molecule has 4 heteroatoms. The van der Waals surface area contributed by atoms with E-state index in [-0.39, 0.29) is 0 Å². The molecule has 0 saturated heterocycles. The Labute approximate surface area is 93.7 Å². The van der Waals surface area contributed by atoms with Crippen LogP contribution >= 0.6 is 38.5 Å². The van der Waals surface area contributed by atoms with Gasteiger partial charge in [0.1, 0.15) is 5.75 Å². The second-order valence-corrected chi connectivity index (χ2v) is 4.36. The van der Waals surface area contributed by atoms with Crippen molar-refractivity contribution in [1.29, 1.82) is 0 Å². The smallest absolute Gasteiger partial charge is 0.136 e. The molecule has 0 fully saturated rings. The molecule has 1 aromatic rings. The standard InChI is InChI=1S/C8H9BrINO/c1-12-8-5(4-11)2-6(9)3-7(8)10/h2-3H,4,11H2,1H3. The summed E-state index contributed by atoms with van der Waals surface area (Å²) >= 11 is 5.63. The van der Waals surface area contributed by atoms with Crippen LogP contribution in [0.25, 0.3) is 0 Å². The van der Waals surface area contributed by atoms with Gasteiger partial charge in [-0.15, -0.1) is 0 Å². The van der Waals surface area contributed by atoms with E-state index in [2.05, 4.69) is 38.5 Å². The minimum Gasteiger partial charge on any atom is -0.495 e. The van der Waals surface area contributed by atoms with Gasteiger partial charge in [0.15, 0.2) is 0 Å². The van der Waals surface area contributed by atoms with Crippen LogP contribution in [0.15, 0.2) is 16.6 Å². The minimum absolute atomic E-state index is 0.499. The van der Waals surface area contributed by atoms with Gasteiger partial charge >= 0.3 is 0 Å². The zero-order valence-corrected chi connectivity index (χ0v) is 10.3. The van der Waals surface area contributed by atoms with Crippen molar-refractivity contribution in [1.82, 2.24) is 0 Å². The highest BCUT2D eigenvalue weighted by atomic mass is 127. The van der Waals surface area contributed by atoms with Gasteiger partial charge in [-0.05, 0) is 34.7 Å². The number of methoxy groups -OCH3 is 1. The number of ether oxygens (including phenoxy) is 1. The maximum absolute atomic E-state index is 5.56. The Morgan fingerprint density at radius 3 is 2.75 bits per heavy atom. The lowest BCUT2D eigenvalue weighted by molar-refractivity contribution is 0.406. The van der Waals surface area contributed by atoms with E-state index in [1.165, 1.54) is 0 Å². The van der Waals surface area contributed by atoms with Crippen molar-refractivity contribution < 1.29 is 4.74 Å². The Balaban J connectivity index is 3.24. The van der Waals surface area contributed by atoms with E-state index >= 15 is 0 Å². The third kappa shape index (κ3) is 2.11. The van der Waals surface area contributed by atoms with Gasteiger partial charge in [-0.1, -0.05) is 15.9 Å². The van der Waals surface area contributed by atoms with Crippen molar-refractivity contribution in [2.45, 2.75) is 6.54 Å². The fourth-order valence-corrected chi connectivity index (χ4v) is 2.83.